The lowest BCUT2D eigenvalue weighted by Crippen LogP contribution is -2.19. The quantitative estimate of drug-likeness (QED) is 0.520. The number of benzene rings is 2. The summed E-state index contributed by atoms with van der Waals surface area (Å²) in [6.45, 7) is 1.50. The van der Waals surface area contributed by atoms with Crippen molar-refractivity contribution >= 4 is 40.5 Å². The molecule has 3 rings (SSSR count). The lowest BCUT2D eigenvalue weighted by Gasteiger charge is -2.16. The van der Waals surface area contributed by atoms with E-state index in [1.165, 1.54) is 30.0 Å². The molecule has 0 saturated heterocycles. The highest BCUT2D eigenvalue weighted by Gasteiger charge is 2.23. The van der Waals surface area contributed by atoms with E-state index in [-0.39, 0.29) is 11.7 Å². The number of amides is 1. The van der Waals surface area contributed by atoms with Crippen molar-refractivity contribution in [1.82, 2.24) is 10.2 Å². The van der Waals surface area contributed by atoms with Crippen LogP contribution in [0.25, 0.3) is 0 Å². The molecule has 0 aliphatic carbocycles. The molecule has 1 N–H and O–H groups in total. The summed E-state index contributed by atoms with van der Waals surface area (Å²) >= 11 is 2.74. The number of thioether (sulfide) groups is 1. The van der Waals surface area contributed by atoms with Crippen molar-refractivity contribution in [2.75, 3.05) is 5.32 Å². The van der Waals surface area contributed by atoms with Crippen molar-refractivity contribution in [1.29, 1.82) is 0 Å². The highest BCUT2D eigenvalue weighted by Crippen LogP contribution is 2.36. The van der Waals surface area contributed by atoms with Gasteiger partial charge in [-0.2, -0.15) is 0 Å². The number of anilines is 1. The van der Waals surface area contributed by atoms with Crippen molar-refractivity contribution in [3.8, 4) is 0 Å². The van der Waals surface area contributed by atoms with Gasteiger partial charge < -0.3 is 5.32 Å². The second-order valence-corrected chi connectivity index (χ2v) is 7.42. The van der Waals surface area contributed by atoms with Crippen LogP contribution in [0.3, 0.4) is 0 Å². The summed E-state index contributed by atoms with van der Waals surface area (Å²) < 4.78 is 0.724. The SMILES string of the molecule is CC(=O)c1cccc(NC(=O)[C@@H](Sc2nncs2)c2ccccc2)c1. The van der Waals surface area contributed by atoms with Crippen LogP contribution in [0.2, 0.25) is 0 Å². The van der Waals surface area contributed by atoms with Gasteiger partial charge >= 0.3 is 0 Å². The Morgan fingerprint density at radius 2 is 1.92 bits per heavy atom. The van der Waals surface area contributed by atoms with Gasteiger partial charge in [-0.25, -0.2) is 0 Å². The minimum Gasteiger partial charge on any atom is -0.325 e. The summed E-state index contributed by atoms with van der Waals surface area (Å²) in [7, 11) is 0. The highest BCUT2D eigenvalue weighted by atomic mass is 32.2. The predicted octanol–water partition coefficient (Wildman–Crippen LogP) is 4.21. The fourth-order valence-corrected chi connectivity index (χ4v) is 3.91. The number of hydrogen-bond donors (Lipinski definition) is 1. The Bertz CT molecular complexity index is 867. The molecule has 1 atom stereocenters. The number of rotatable bonds is 6. The van der Waals surface area contributed by atoms with Crippen molar-refractivity contribution in [2.24, 2.45) is 0 Å². The molecule has 5 nitrogen and oxygen atoms in total. The van der Waals surface area contributed by atoms with E-state index in [0.717, 1.165) is 9.90 Å². The van der Waals surface area contributed by atoms with Gasteiger partial charge in [0.25, 0.3) is 0 Å². The third-order valence-electron chi connectivity index (χ3n) is 3.44. The number of carbonyl (C=O) groups is 2. The molecular formula is C18H15N3O2S2. The Morgan fingerprint density at radius 1 is 1.12 bits per heavy atom. The smallest absolute Gasteiger partial charge is 0.242 e. The van der Waals surface area contributed by atoms with Crippen molar-refractivity contribution in [2.45, 2.75) is 16.5 Å². The largest absolute Gasteiger partial charge is 0.325 e. The standard InChI is InChI=1S/C18H15N3O2S2/c1-12(22)14-8-5-9-15(10-14)20-17(23)16(13-6-3-2-4-7-13)25-18-21-19-11-24-18/h2-11,16H,1H3,(H,20,23)/t16-/m0/s1. The number of Topliss-reactive ketones (excluding diaryl/α,β-unsaturated/α-hetero) is 1. The highest BCUT2D eigenvalue weighted by molar-refractivity contribution is 8.01. The van der Waals surface area contributed by atoms with Crippen LogP contribution >= 0.6 is 23.1 Å². The molecule has 0 bridgehead atoms. The average molecular weight is 369 g/mol. The van der Waals surface area contributed by atoms with Crippen LogP contribution in [0.15, 0.2) is 64.4 Å². The predicted molar refractivity (Wildman–Crippen MR) is 100 cm³/mol. The molecule has 126 valence electrons. The molecule has 0 aliphatic heterocycles. The van der Waals surface area contributed by atoms with E-state index in [4.69, 9.17) is 0 Å². The first-order valence-electron chi connectivity index (χ1n) is 7.53. The van der Waals surface area contributed by atoms with Gasteiger partial charge in [0.05, 0.1) is 0 Å². The normalized spacial score (nSPS) is 11.7. The third-order valence-corrected chi connectivity index (χ3v) is 5.50. The molecule has 1 heterocycles. The van der Waals surface area contributed by atoms with Crippen LogP contribution in [-0.2, 0) is 4.79 Å². The molecule has 0 aliphatic rings. The van der Waals surface area contributed by atoms with Gasteiger partial charge in [-0.05, 0) is 24.6 Å². The van der Waals surface area contributed by atoms with E-state index in [2.05, 4.69) is 15.5 Å². The van der Waals surface area contributed by atoms with E-state index in [1.807, 2.05) is 30.3 Å². The second kappa shape index (κ2) is 8.04. The van der Waals surface area contributed by atoms with Crippen molar-refractivity contribution < 1.29 is 9.59 Å². The number of ketones is 1. The maximum absolute atomic E-state index is 12.9. The molecule has 3 aromatic rings. The zero-order valence-electron chi connectivity index (χ0n) is 13.4. The van der Waals surface area contributed by atoms with Crippen LogP contribution in [0.1, 0.15) is 28.1 Å². The lowest BCUT2D eigenvalue weighted by molar-refractivity contribution is -0.115. The van der Waals surface area contributed by atoms with Gasteiger partial charge in [0.2, 0.25) is 5.91 Å². The number of hydrogen-bond acceptors (Lipinski definition) is 6. The molecule has 1 amide bonds. The maximum Gasteiger partial charge on any atom is 0.242 e. The molecule has 1 aromatic heterocycles. The number of nitrogens with zero attached hydrogens (tertiary/aromatic N) is 2. The van der Waals surface area contributed by atoms with E-state index in [1.54, 1.807) is 29.8 Å². The Labute approximate surface area is 153 Å². The van der Waals surface area contributed by atoms with Gasteiger partial charge in [-0.15, -0.1) is 10.2 Å². The van der Waals surface area contributed by atoms with Crippen molar-refractivity contribution in [3.05, 3.63) is 71.2 Å². The van der Waals surface area contributed by atoms with Gasteiger partial charge in [-0.1, -0.05) is 65.6 Å². The van der Waals surface area contributed by atoms with Crippen LogP contribution < -0.4 is 5.32 Å². The Kier molecular flexibility index (Phi) is 5.57. The molecule has 25 heavy (non-hydrogen) atoms. The zero-order chi connectivity index (χ0) is 17.6. The van der Waals surface area contributed by atoms with Crippen LogP contribution in [-0.4, -0.2) is 21.9 Å². The minimum atomic E-state index is -0.463. The average Bonchev–Trinajstić information content (AvgIpc) is 3.14. The minimum absolute atomic E-state index is 0.0426. The first-order valence-corrected chi connectivity index (χ1v) is 9.29. The zero-order valence-corrected chi connectivity index (χ0v) is 15.0. The van der Waals surface area contributed by atoms with Gasteiger partial charge in [0.1, 0.15) is 10.8 Å². The lowest BCUT2D eigenvalue weighted by atomic mass is 10.1. The second-order valence-electron chi connectivity index (χ2n) is 5.24. The molecule has 7 heteroatoms. The van der Waals surface area contributed by atoms with E-state index in [0.29, 0.717) is 11.3 Å². The Hall–Kier alpha value is -2.51. The summed E-state index contributed by atoms with van der Waals surface area (Å²) in [6, 6.07) is 16.4. The van der Waals surface area contributed by atoms with Crippen LogP contribution in [0.4, 0.5) is 5.69 Å². The molecule has 2 aromatic carbocycles. The van der Waals surface area contributed by atoms with Crippen LogP contribution in [0, 0.1) is 0 Å². The third kappa shape index (κ3) is 4.52. The molecule has 0 fully saturated rings. The number of nitrogens with one attached hydrogen (secondary N) is 1. The fraction of sp³-hybridized carbons (Fsp3) is 0.111. The molecule has 0 radical (unpaired) electrons. The monoisotopic (exact) mass is 369 g/mol. The Balaban J connectivity index is 1.84. The summed E-state index contributed by atoms with van der Waals surface area (Å²) in [5.74, 6) is -0.217. The molecule has 0 saturated carbocycles. The number of aromatic nitrogens is 2. The van der Waals surface area contributed by atoms with E-state index >= 15 is 0 Å². The topological polar surface area (TPSA) is 72.0 Å². The first-order chi connectivity index (χ1) is 12.1. The first kappa shape index (κ1) is 17.3. The summed E-state index contributed by atoms with van der Waals surface area (Å²) in [6.07, 6.45) is 0. The summed E-state index contributed by atoms with van der Waals surface area (Å²) in [5, 5.41) is 10.3. The molecule has 0 spiro atoms. The Morgan fingerprint density at radius 3 is 2.60 bits per heavy atom. The van der Waals surface area contributed by atoms with Gasteiger partial charge in [-0.3, -0.25) is 9.59 Å². The molecule has 0 unspecified atom stereocenters. The van der Waals surface area contributed by atoms with E-state index < -0.39 is 5.25 Å². The van der Waals surface area contributed by atoms with E-state index in [9.17, 15) is 9.59 Å². The van der Waals surface area contributed by atoms with Crippen molar-refractivity contribution in [3.63, 3.8) is 0 Å². The summed E-state index contributed by atoms with van der Waals surface area (Å²) in [4.78, 5) is 24.4. The van der Waals surface area contributed by atoms with Crippen LogP contribution in [0.5, 0.6) is 0 Å². The maximum atomic E-state index is 12.9. The number of carbonyl (C=O) groups excluding carboxylic acids is 2. The summed E-state index contributed by atoms with van der Waals surface area (Å²) in [5.41, 5.74) is 3.67. The van der Waals surface area contributed by atoms with Gasteiger partial charge in [0, 0.05) is 11.3 Å². The molecular weight excluding hydrogens is 354 g/mol. The van der Waals surface area contributed by atoms with Gasteiger partial charge in [0.15, 0.2) is 10.1 Å². The fourth-order valence-electron chi connectivity index (χ4n) is 2.24.